The molecule has 0 radical (unpaired) electrons. The first-order valence-electron chi connectivity index (χ1n) is 3.70. The third-order valence-electron chi connectivity index (χ3n) is 1.41. The van der Waals surface area contributed by atoms with E-state index in [0.717, 1.165) is 12.3 Å². The molecule has 0 amide bonds. The topological polar surface area (TPSA) is 0 Å². The van der Waals surface area contributed by atoms with E-state index in [2.05, 4.69) is 25.7 Å². The average Bonchev–Trinajstić information content (AvgIpc) is 1.85. The molecule has 0 N–H and O–H groups in total. The molecule has 9 heavy (non-hydrogen) atoms. The largest absolute Gasteiger partial charge is 0.107 e. The summed E-state index contributed by atoms with van der Waals surface area (Å²) in [6.45, 7) is 6.38. The zero-order valence-corrected chi connectivity index (χ0v) is 6.70. The highest BCUT2D eigenvalue weighted by molar-refractivity contribution is 4.95. The minimum Gasteiger partial charge on any atom is -0.107 e. The third-order valence-corrected chi connectivity index (χ3v) is 1.41. The molecule has 0 aromatic rings. The first kappa shape index (κ1) is 8.56. The first-order valence-corrected chi connectivity index (χ1v) is 3.70. The molecule has 0 heteroatoms. The van der Waals surface area contributed by atoms with E-state index >= 15 is 0 Å². The summed E-state index contributed by atoms with van der Waals surface area (Å²) in [7, 11) is 0. The molecule has 0 aromatic heterocycles. The highest BCUT2D eigenvalue weighted by Crippen LogP contribution is 2.07. The van der Waals surface area contributed by atoms with E-state index in [0.29, 0.717) is 0 Å². The number of hydrogen-bond donors (Lipinski definition) is 0. The Kier molecular flexibility index (Phi) is 5.41. The van der Waals surface area contributed by atoms with Gasteiger partial charge in [-0.2, -0.15) is 0 Å². The van der Waals surface area contributed by atoms with Gasteiger partial charge in [-0.05, 0) is 12.8 Å². The van der Waals surface area contributed by atoms with E-state index in [9.17, 15) is 0 Å². The van der Waals surface area contributed by atoms with Gasteiger partial charge in [0.25, 0.3) is 0 Å². The molecular weight excluding hydrogens is 108 g/mol. The molecule has 0 aliphatic carbocycles. The second-order valence-corrected chi connectivity index (χ2v) is 2.52. The lowest BCUT2D eigenvalue weighted by molar-refractivity contribution is 0.539. The van der Waals surface area contributed by atoms with Crippen LogP contribution < -0.4 is 0 Å². The van der Waals surface area contributed by atoms with Gasteiger partial charge in [-0.15, -0.1) is 11.8 Å². The highest BCUT2D eigenvalue weighted by Gasteiger charge is 1.95. The summed E-state index contributed by atoms with van der Waals surface area (Å²) in [6, 6.07) is 0. The SMILES string of the molecule is CC#CC[C@H](C)CCC. The van der Waals surface area contributed by atoms with Gasteiger partial charge >= 0.3 is 0 Å². The standard InChI is InChI=1S/C9H16/c1-4-6-8-9(3)7-5-2/h9H,5,7-8H2,1-3H3/t9-/m1/s1. The molecule has 0 spiro atoms. The van der Waals surface area contributed by atoms with Gasteiger partial charge < -0.3 is 0 Å². The van der Waals surface area contributed by atoms with Gasteiger partial charge in [-0.3, -0.25) is 0 Å². The van der Waals surface area contributed by atoms with Gasteiger partial charge in [-0.25, -0.2) is 0 Å². The van der Waals surface area contributed by atoms with Gasteiger partial charge in [0.1, 0.15) is 0 Å². The highest BCUT2D eigenvalue weighted by atomic mass is 14.0. The van der Waals surface area contributed by atoms with Crippen LogP contribution in [0.1, 0.15) is 40.0 Å². The molecule has 0 saturated carbocycles. The summed E-state index contributed by atoms with van der Waals surface area (Å²) < 4.78 is 0. The zero-order chi connectivity index (χ0) is 7.11. The van der Waals surface area contributed by atoms with Crippen LogP contribution in [0.4, 0.5) is 0 Å². The Balaban J connectivity index is 3.22. The molecule has 0 aliphatic rings. The predicted octanol–water partition coefficient (Wildman–Crippen LogP) is 2.84. The Hall–Kier alpha value is -0.440. The van der Waals surface area contributed by atoms with Crippen molar-refractivity contribution in [1.82, 2.24) is 0 Å². The fourth-order valence-corrected chi connectivity index (χ4v) is 0.871. The van der Waals surface area contributed by atoms with E-state index in [1.807, 2.05) is 6.92 Å². The second kappa shape index (κ2) is 5.69. The molecule has 0 bridgehead atoms. The molecule has 0 aromatic carbocycles. The quantitative estimate of drug-likeness (QED) is 0.507. The van der Waals surface area contributed by atoms with Crippen molar-refractivity contribution in [2.75, 3.05) is 0 Å². The minimum absolute atomic E-state index is 0.794. The molecular formula is C9H16. The number of hydrogen-bond acceptors (Lipinski definition) is 0. The lowest BCUT2D eigenvalue weighted by Gasteiger charge is -2.02. The molecule has 0 heterocycles. The lowest BCUT2D eigenvalue weighted by Crippen LogP contribution is -1.90. The molecule has 0 aliphatic heterocycles. The van der Waals surface area contributed by atoms with E-state index in [1.54, 1.807) is 0 Å². The summed E-state index contributed by atoms with van der Waals surface area (Å²) >= 11 is 0. The Morgan fingerprint density at radius 1 is 1.44 bits per heavy atom. The van der Waals surface area contributed by atoms with Crippen LogP contribution in [0.2, 0.25) is 0 Å². The van der Waals surface area contributed by atoms with Crippen LogP contribution in [0.15, 0.2) is 0 Å². The zero-order valence-electron chi connectivity index (χ0n) is 6.70. The third kappa shape index (κ3) is 5.43. The van der Waals surface area contributed by atoms with Crippen molar-refractivity contribution in [1.29, 1.82) is 0 Å². The van der Waals surface area contributed by atoms with Crippen LogP contribution in [0.3, 0.4) is 0 Å². The van der Waals surface area contributed by atoms with Crippen LogP contribution in [0, 0.1) is 17.8 Å². The van der Waals surface area contributed by atoms with Crippen molar-refractivity contribution in [3.8, 4) is 11.8 Å². The Morgan fingerprint density at radius 2 is 2.11 bits per heavy atom. The van der Waals surface area contributed by atoms with Crippen molar-refractivity contribution in [3.05, 3.63) is 0 Å². The normalized spacial score (nSPS) is 11.9. The molecule has 0 fully saturated rings. The van der Waals surface area contributed by atoms with Gasteiger partial charge in [0, 0.05) is 6.42 Å². The van der Waals surface area contributed by atoms with Crippen molar-refractivity contribution in [2.45, 2.75) is 40.0 Å². The Morgan fingerprint density at radius 3 is 2.56 bits per heavy atom. The van der Waals surface area contributed by atoms with Crippen LogP contribution in [0.5, 0.6) is 0 Å². The Labute approximate surface area is 58.7 Å². The van der Waals surface area contributed by atoms with Gasteiger partial charge in [-0.1, -0.05) is 26.7 Å². The summed E-state index contributed by atoms with van der Waals surface area (Å²) in [4.78, 5) is 0. The van der Waals surface area contributed by atoms with Crippen LogP contribution in [0.25, 0.3) is 0 Å². The first-order chi connectivity index (χ1) is 4.31. The fourth-order valence-electron chi connectivity index (χ4n) is 0.871. The molecule has 0 nitrogen and oxygen atoms in total. The smallest absolute Gasteiger partial charge is 0.0114 e. The minimum atomic E-state index is 0.794. The predicted molar refractivity (Wildman–Crippen MR) is 42.1 cm³/mol. The van der Waals surface area contributed by atoms with Crippen LogP contribution in [-0.4, -0.2) is 0 Å². The molecule has 0 saturated heterocycles. The summed E-state index contributed by atoms with van der Waals surface area (Å²) in [5.74, 6) is 6.78. The second-order valence-electron chi connectivity index (χ2n) is 2.52. The van der Waals surface area contributed by atoms with Crippen LogP contribution >= 0.6 is 0 Å². The van der Waals surface area contributed by atoms with Gasteiger partial charge in [0.2, 0.25) is 0 Å². The molecule has 0 rings (SSSR count). The van der Waals surface area contributed by atoms with E-state index < -0.39 is 0 Å². The maximum atomic E-state index is 3.08. The van der Waals surface area contributed by atoms with E-state index in [4.69, 9.17) is 0 Å². The summed E-state index contributed by atoms with van der Waals surface area (Å²) in [5, 5.41) is 0. The summed E-state index contributed by atoms with van der Waals surface area (Å²) in [6.07, 6.45) is 3.67. The van der Waals surface area contributed by atoms with Crippen molar-refractivity contribution < 1.29 is 0 Å². The molecule has 52 valence electrons. The monoisotopic (exact) mass is 124 g/mol. The van der Waals surface area contributed by atoms with Gasteiger partial charge in [0.05, 0.1) is 0 Å². The molecule has 1 atom stereocenters. The lowest BCUT2D eigenvalue weighted by atomic mass is 10.0. The maximum Gasteiger partial charge on any atom is 0.0114 e. The molecule has 0 unspecified atom stereocenters. The van der Waals surface area contributed by atoms with Gasteiger partial charge in [0.15, 0.2) is 0 Å². The van der Waals surface area contributed by atoms with Crippen molar-refractivity contribution in [2.24, 2.45) is 5.92 Å². The van der Waals surface area contributed by atoms with Crippen LogP contribution in [-0.2, 0) is 0 Å². The fraction of sp³-hybridized carbons (Fsp3) is 0.778. The maximum absolute atomic E-state index is 3.08. The van der Waals surface area contributed by atoms with Crippen molar-refractivity contribution in [3.63, 3.8) is 0 Å². The van der Waals surface area contributed by atoms with Crippen molar-refractivity contribution >= 4 is 0 Å². The summed E-state index contributed by atoms with van der Waals surface area (Å²) in [5.41, 5.74) is 0. The Bertz CT molecular complexity index is 103. The van der Waals surface area contributed by atoms with E-state index in [1.165, 1.54) is 12.8 Å². The average molecular weight is 124 g/mol. The number of rotatable bonds is 3. The van der Waals surface area contributed by atoms with E-state index in [-0.39, 0.29) is 0 Å².